The number of carbonyl (C=O) groups is 1. The van der Waals surface area contributed by atoms with Crippen LogP contribution in [-0.4, -0.2) is 28.2 Å². The van der Waals surface area contributed by atoms with Gasteiger partial charge in [0.05, 0.1) is 11.9 Å². The molecule has 16 heavy (non-hydrogen) atoms. The van der Waals surface area contributed by atoms with Crippen molar-refractivity contribution in [3.05, 3.63) is 11.9 Å². The maximum atomic E-state index is 12.2. The van der Waals surface area contributed by atoms with Gasteiger partial charge in [-0.05, 0) is 12.8 Å². The van der Waals surface area contributed by atoms with Crippen LogP contribution in [0.1, 0.15) is 23.3 Å². The van der Waals surface area contributed by atoms with Crippen LogP contribution in [0.25, 0.3) is 0 Å². The molecule has 2 rings (SSSR count). The van der Waals surface area contributed by atoms with Gasteiger partial charge in [0.2, 0.25) is 0 Å². The van der Waals surface area contributed by atoms with Crippen LogP contribution in [0, 0.1) is 0 Å². The van der Waals surface area contributed by atoms with Crippen molar-refractivity contribution in [1.29, 1.82) is 0 Å². The number of nitrogen functional groups attached to an aromatic ring is 1. The first-order valence-corrected chi connectivity index (χ1v) is 4.98. The number of rotatable bonds is 4. The third-order valence-electron chi connectivity index (χ3n) is 2.31. The van der Waals surface area contributed by atoms with Crippen LogP contribution in [0.15, 0.2) is 6.20 Å². The zero-order valence-electron chi connectivity index (χ0n) is 8.49. The molecule has 7 heteroatoms. The van der Waals surface area contributed by atoms with Crippen molar-refractivity contribution in [3.63, 3.8) is 0 Å². The van der Waals surface area contributed by atoms with Gasteiger partial charge in [-0.3, -0.25) is 9.48 Å². The summed E-state index contributed by atoms with van der Waals surface area (Å²) in [5, 5.41) is 6.34. The fourth-order valence-electron chi connectivity index (χ4n) is 1.40. The first-order valence-electron chi connectivity index (χ1n) is 4.98. The van der Waals surface area contributed by atoms with Gasteiger partial charge < -0.3 is 11.1 Å². The van der Waals surface area contributed by atoms with E-state index in [1.54, 1.807) is 0 Å². The summed E-state index contributed by atoms with van der Waals surface area (Å²) < 4.78 is 25.4. The minimum atomic E-state index is -2.56. The molecule has 0 aromatic carbocycles. The molecule has 1 saturated carbocycles. The van der Waals surface area contributed by atoms with Gasteiger partial charge in [-0.25, -0.2) is 8.78 Å². The Balaban J connectivity index is 2.16. The van der Waals surface area contributed by atoms with Gasteiger partial charge in [0.25, 0.3) is 12.3 Å². The number of nitrogens with zero attached hydrogens (tertiary/aromatic N) is 2. The van der Waals surface area contributed by atoms with E-state index in [4.69, 9.17) is 5.73 Å². The average molecular weight is 230 g/mol. The van der Waals surface area contributed by atoms with Crippen molar-refractivity contribution < 1.29 is 13.6 Å². The number of anilines is 1. The van der Waals surface area contributed by atoms with E-state index in [-0.39, 0.29) is 17.4 Å². The molecule has 5 nitrogen and oxygen atoms in total. The number of aromatic nitrogens is 2. The number of amides is 1. The minimum Gasteiger partial charge on any atom is -0.396 e. The summed E-state index contributed by atoms with van der Waals surface area (Å²) in [5.41, 5.74) is 5.67. The Kier molecular flexibility index (Phi) is 2.76. The van der Waals surface area contributed by atoms with E-state index in [9.17, 15) is 13.6 Å². The Morgan fingerprint density at radius 2 is 2.38 bits per heavy atom. The monoisotopic (exact) mass is 230 g/mol. The molecule has 0 aliphatic heterocycles. The van der Waals surface area contributed by atoms with E-state index in [1.165, 1.54) is 6.20 Å². The second kappa shape index (κ2) is 4.07. The second-order valence-corrected chi connectivity index (χ2v) is 3.77. The summed E-state index contributed by atoms with van der Waals surface area (Å²) in [6, 6.07) is 0.154. The maximum Gasteiger partial charge on any atom is 0.271 e. The highest BCUT2D eigenvalue weighted by Gasteiger charge is 2.27. The van der Waals surface area contributed by atoms with E-state index in [2.05, 4.69) is 10.4 Å². The molecule has 88 valence electrons. The normalized spacial score (nSPS) is 15.4. The molecule has 3 N–H and O–H groups in total. The lowest BCUT2D eigenvalue weighted by Gasteiger charge is -2.07. The summed E-state index contributed by atoms with van der Waals surface area (Å²) in [4.78, 5) is 11.7. The van der Waals surface area contributed by atoms with E-state index in [0.29, 0.717) is 0 Å². The van der Waals surface area contributed by atoms with Crippen molar-refractivity contribution in [2.24, 2.45) is 0 Å². The Morgan fingerprint density at radius 1 is 1.69 bits per heavy atom. The third-order valence-corrected chi connectivity index (χ3v) is 2.31. The van der Waals surface area contributed by atoms with E-state index < -0.39 is 18.9 Å². The van der Waals surface area contributed by atoms with Crippen LogP contribution in [0.2, 0.25) is 0 Å². The first kappa shape index (κ1) is 10.8. The molecule has 0 radical (unpaired) electrons. The number of nitrogens with two attached hydrogens (primary N) is 1. The van der Waals surface area contributed by atoms with Crippen LogP contribution >= 0.6 is 0 Å². The van der Waals surface area contributed by atoms with Gasteiger partial charge in [-0.15, -0.1) is 0 Å². The average Bonchev–Trinajstić information content (AvgIpc) is 2.91. The fraction of sp³-hybridized carbons (Fsp3) is 0.556. The molecule has 0 atom stereocenters. The first-order chi connectivity index (χ1) is 7.58. The Hall–Kier alpha value is -1.66. The number of hydrogen-bond donors (Lipinski definition) is 2. The molecule has 0 saturated heterocycles. The summed E-state index contributed by atoms with van der Waals surface area (Å²) >= 11 is 0. The van der Waals surface area contributed by atoms with Crippen LogP contribution in [-0.2, 0) is 6.54 Å². The van der Waals surface area contributed by atoms with E-state index >= 15 is 0 Å². The van der Waals surface area contributed by atoms with Crippen LogP contribution in [0.4, 0.5) is 14.5 Å². The molecule has 0 bridgehead atoms. The predicted octanol–water partition coefficient (Wildman–Crippen LogP) is 0.623. The van der Waals surface area contributed by atoms with Crippen LogP contribution < -0.4 is 11.1 Å². The maximum absolute atomic E-state index is 12.2. The topological polar surface area (TPSA) is 72.9 Å². The second-order valence-electron chi connectivity index (χ2n) is 3.77. The van der Waals surface area contributed by atoms with Gasteiger partial charge in [0.15, 0.2) is 0 Å². The lowest BCUT2D eigenvalue weighted by atomic mass is 10.3. The molecule has 1 amide bonds. The Morgan fingerprint density at radius 3 is 2.94 bits per heavy atom. The molecule has 1 aliphatic carbocycles. The van der Waals surface area contributed by atoms with Gasteiger partial charge in [0.1, 0.15) is 12.2 Å². The van der Waals surface area contributed by atoms with Crippen molar-refractivity contribution in [2.45, 2.75) is 31.9 Å². The van der Waals surface area contributed by atoms with Crippen molar-refractivity contribution >= 4 is 11.6 Å². The highest BCUT2D eigenvalue weighted by Crippen LogP contribution is 2.20. The largest absolute Gasteiger partial charge is 0.396 e. The number of hydrogen-bond acceptors (Lipinski definition) is 3. The zero-order chi connectivity index (χ0) is 11.7. The predicted molar refractivity (Wildman–Crippen MR) is 53.1 cm³/mol. The summed E-state index contributed by atoms with van der Waals surface area (Å²) in [6.45, 7) is -0.620. The van der Waals surface area contributed by atoms with E-state index in [1.807, 2.05) is 0 Å². The SMILES string of the molecule is Nc1cnn(CC(F)F)c1C(=O)NC1CC1. The molecular weight excluding hydrogens is 218 g/mol. The lowest BCUT2D eigenvalue weighted by Crippen LogP contribution is -2.29. The third kappa shape index (κ3) is 2.29. The van der Waals surface area contributed by atoms with Gasteiger partial charge in [0, 0.05) is 6.04 Å². The number of alkyl halides is 2. The molecule has 1 aliphatic rings. The quantitative estimate of drug-likeness (QED) is 0.796. The summed E-state index contributed by atoms with van der Waals surface area (Å²) in [5.74, 6) is -0.432. The van der Waals surface area contributed by atoms with E-state index in [0.717, 1.165) is 17.5 Å². The molecule has 0 spiro atoms. The van der Waals surface area contributed by atoms with Gasteiger partial charge >= 0.3 is 0 Å². The molecule has 0 unspecified atom stereocenters. The standard InChI is InChI=1S/C9H12F2N4O/c10-7(11)4-15-8(6(12)3-13-15)9(16)14-5-1-2-5/h3,5,7H,1-2,4,12H2,(H,14,16). The van der Waals surface area contributed by atoms with Crippen molar-refractivity contribution in [3.8, 4) is 0 Å². The van der Waals surface area contributed by atoms with Crippen LogP contribution in [0.3, 0.4) is 0 Å². The summed E-state index contributed by atoms with van der Waals surface area (Å²) in [6.07, 6.45) is 0.500. The molecule has 1 heterocycles. The number of carbonyl (C=O) groups excluding carboxylic acids is 1. The molecule has 1 aromatic rings. The van der Waals surface area contributed by atoms with Gasteiger partial charge in [-0.2, -0.15) is 5.10 Å². The Bertz CT molecular complexity index is 400. The van der Waals surface area contributed by atoms with Crippen molar-refractivity contribution in [1.82, 2.24) is 15.1 Å². The number of nitrogens with one attached hydrogen (secondary N) is 1. The zero-order valence-corrected chi connectivity index (χ0v) is 8.49. The molecular formula is C9H12F2N4O. The minimum absolute atomic E-state index is 0.0206. The fourth-order valence-corrected chi connectivity index (χ4v) is 1.40. The lowest BCUT2D eigenvalue weighted by molar-refractivity contribution is 0.0922. The van der Waals surface area contributed by atoms with Crippen LogP contribution in [0.5, 0.6) is 0 Å². The highest BCUT2D eigenvalue weighted by molar-refractivity contribution is 5.97. The smallest absolute Gasteiger partial charge is 0.271 e. The molecule has 1 fully saturated rings. The Labute approximate surface area is 90.6 Å². The highest BCUT2D eigenvalue weighted by atomic mass is 19.3. The number of halogens is 2. The van der Waals surface area contributed by atoms with Gasteiger partial charge in [-0.1, -0.05) is 0 Å². The molecule has 1 aromatic heterocycles. The summed E-state index contributed by atoms with van der Waals surface area (Å²) in [7, 11) is 0. The van der Waals surface area contributed by atoms with Crippen molar-refractivity contribution in [2.75, 3.05) is 5.73 Å².